The zero-order valence-electron chi connectivity index (χ0n) is 20.6. The topological polar surface area (TPSA) is 67.9 Å². The first-order valence-electron chi connectivity index (χ1n) is 11.9. The summed E-state index contributed by atoms with van der Waals surface area (Å²) in [5, 5.41) is 2.92. The van der Waals surface area contributed by atoms with Crippen LogP contribution < -0.4 is 14.8 Å². The van der Waals surface area contributed by atoms with Crippen LogP contribution in [0.3, 0.4) is 0 Å². The molecule has 0 aliphatic heterocycles. The van der Waals surface area contributed by atoms with Crippen molar-refractivity contribution < 1.29 is 19.1 Å². The zero-order valence-corrected chi connectivity index (χ0v) is 20.6. The van der Waals surface area contributed by atoms with Gasteiger partial charge in [-0.15, -0.1) is 0 Å². The summed E-state index contributed by atoms with van der Waals surface area (Å²) < 4.78 is 11.3. The van der Waals surface area contributed by atoms with Crippen molar-refractivity contribution in [1.29, 1.82) is 0 Å². The fourth-order valence-corrected chi connectivity index (χ4v) is 3.60. The molecule has 0 fully saturated rings. The van der Waals surface area contributed by atoms with Gasteiger partial charge in [0, 0.05) is 19.5 Å². The molecule has 6 heteroatoms. The Morgan fingerprint density at radius 1 is 1.00 bits per heavy atom. The van der Waals surface area contributed by atoms with Gasteiger partial charge in [-0.3, -0.25) is 9.59 Å². The third-order valence-electron chi connectivity index (χ3n) is 5.55. The van der Waals surface area contributed by atoms with Gasteiger partial charge in [-0.2, -0.15) is 0 Å². The Morgan fingerprint density at radius 2 is 1.70 bits per heavy atom. The number of hydrogen-bond acceptors (Lipinski definition) is 4. The minimum Gasteiger partial charge on any atom is -0.490 e. The number of nitrogens with one attached hydrogen (secondary N) is 1. The van der Waals surface area contributed by atoms with E-state index < -0.39 is 6.04 Å². The van der Waals surface area contributed by atoms with Crippen molar-refractivity contribution >= 4 is 11.8 Å². The van der Waals surface area contributed by atoms with Gasteiger partial charge in [-0.05, 0) is 69.4 Å². The normalized spacial score (nSPS) is 11.5. The molecule has 0 aliphatic carbocycles. The second-order valence-electron chi connectivity index (χ2n) is 8.06. The molecule has 1 atom stereocenters. The van der Waals surface area contributed by atoms with E-state index in [1.165, 1.54) is 0 Å². The van der Waals surface area contributed by atoms with Gasteiger partial charge >= 0.3 is 0 Å². The molecule has 2 aromatic carbocycles. The molecule has 2 rings (SSSR count). The van der Waals surface area contributed by atoms with Crippen LogP contribution in [0.5, 0.6) is 11.5 Å². The van der Waals surface area contributed by atoms with E-state index in [0.29, 0.717) is 50.6 Å². The minimum atomic E-state index is -0.553. The minimum absolute atomic E-state index is 0.0516. The molecule has 0 saturated carbocycles. The highest BCUT2D eigenvalue weighted by atomic mass is 16.5. The van der Waals surface area contributed by atoms with Crippen molar-refractivity contribution in [2.24, 2.45) is 0 Å². The third-order valence-corrected chi connectivity index (χ3v) is 5.55. The lowest BCUT2D eigenvalue weighted by atomic mass is 10.1. The van der Waals surface area contributed by atoms with Crippen LogP contribution in [0.2, 0.25) is 0 Å². The van der Waals surface area contributed by atoms with Gasteiger partial charge in [0.2, 0.25) is 11.8 Å². The predicted octanol–water partition coefficient (Wildman–Crippen LogP) is 4.67. The van der Waals surface area contributed by atoms with Gasteiger partial charge in [-0.1, -0.05) is 37.3 Å². The summed E-state index contributed by atoms with van der Waals surface area (Å²) in [5.74, 6) is 1.22. The zero-order chi connectivity index (χ0) is 24.2. The van der Waals surface area contributed by atoms with Crippen molar-refractivity contribution in [3.05, 3.63) is 59.2 Å². The van der Waals surface area contributed by atoms with E-state index in [9.17, 15) is 9.59 Å². The van der Waals surface area contributed by atoms with Crippen LogP contribution in [-0.4, -0.2) is 42.5 Å². The summed E-state index contributed by atoms with van der Waals surface area (Å²) in [6.07, 6.45) is 1.71. The monoisotopic (exact) mass is 454 g/mol. The average molecular weight is 455 g/mol. The van der Waals surface area contributed by atoms with Crippen molar-refractivity contribution in [3.8, 4) is 11.5 Å². The van der Waals surface area contributed by atoms with Gasteiger partial charge in [0.1, 0.15) is 6.04 Å². The number of nitrogens with zero attached hydrogens (tertiary/aromatic N) is 1. The number of rotatable bonds is 13. The molecule has 1 N–H and O–H groups in total. The van der Waals surface area contributed by atoms with E-state index in [1.807, 2.05) is 70.2 Å². The van der Waals surface area contributed by atoms with Crippen molar-refractivity contribution in [2.45, 2.75) is 66.5 Å². The number of amides is 2. The molecule has 33 heavy (non-hydrogen) atoms. The van der Waals surface area contributed by atoms with Crippen LogP contribution >= 0.6 is 0 Å². The first-order valence-corrected chi connectivity index (χ1v) is 11.9. The molecule has 0 saturated heterocycles. The smallest absolute Gasteiger partial charge is 0.242 e. The van der Waals surface area contributed by atoms with Gasteiger partial charge < -0.3 is 19.7 Å². The molecule has 2 amide bonds. The van der Waals surface area contributed by atoms with Crippen LogP contribution in [0.25, 0.3) is 0 Å². The molecular formula is C27H38N2O4. The molecule has 0 aromatic heterocycles. The molecular weight excluding hydrogens is 416 g/mol. The second-order valence-corrected chi connectivity index (χ2v) is 8.06. The Bertz CT molecular complexity index is 913. The highest BCUT2D eigenvalue weighted by Crippen LogP contribution is 2.29. The van der Waals surface area contributed by atoms with Crippen LogP contribution in [0, 0.1) is 6.92 Å². The maximum atomic E-state index is 13.3. The maximum Gasteiger partial charge on any atom is 0.242 e. The quantitative estimate of drug-likeness (QED) is 0.478. The van der Waals surface area contributed by atoms with Gasteiger partial charge in [0.15, 0.2) is 11.5 Å². The molecule has 180 valence electrons. The van der Waals surface area contributed by atoms with E-state index in [1.54, 1.807) is 11.8 Å². The van der Waals surface area contributed by atoms with Gasteiger partial charge in [0.25, 0.3) is 0 Å². The summed E-state index contributed by atoms with van der Waals surface area (Å²) in [6.45, 7) is 11.8. The van der Waals surface area contributed by atoms with Crippen LogP contribution in [0.15, 0.2) is 42.5 Å². The fourth-order valence-electron chi connectivity index (χ4n) is 3.60. The summed E-state index contributed by atoms with van der Waals surface area (Å²) in [7, 11) is 0. The predicted molar refractivity (Wildman–Crippen MR) is 132 cm³/mol. The van der Waals surface area contributed by atoms with Crippen molar-refractivity contribution in [2.75, 3.05) is 19.8 Å². The molecule has 0 heterocycles. The van der Waals surface area contributed by atoms with Crippen molar-refractivity contribution in [1.82, 2.24) is 10.2 Å². The molecule has 1 unspecified atom stereocenters. The summed E-state index contributed by atoms with van der Waals surface area (Å²) in [5.41, 5.74) is 3.14. The third kappa shape index (κ3) is 7.81. The van der Waals surface area contributed by atoms with E-state index in [2.05, 4.69) is 5.32 Å². The van der Waals surface area contributed by atoms with Gasteiger partial charge in [-0.25, -0.2) is 0 Å². The summed E-state index contributed by atoms with van der Waals surface area (Å²) >= 11 is 0. The Morgan fingerprint density at radius 3 is 2.36 bits per heavy atom. The first kappa shape index (κ1) is 26.2. The number of ether oxygens (including phenoxy) is 2. The van der Waals surface area contributed by atoms with E-state index in [0.717, 1.165) is 23.1 Å². The highest BCUT2D eigenvalue weighted by Gasteiger charge is 2.26. The summed E-state index contributed by atoms with van der Waals surface area (Å²) in [4.78, 5) is 27.7. The van der Waals surface area contributed by atoms with E-state index in [-0.39, 0.29) is 11.8 Å². The lowest BCUT2D eigenvalue weighted by Crippen LogP contribution is -2.47. The van der Waals surface area contributed by atoms with E-state index >= 15 is 0 Å². The average Bonchev–Trinajstić information content (AvgIpc) is 2.81. The molecule has 0 spiro atoms. The number of carbonyl (C=O) groups is 2. The molecule has 0 bridgehead atoms. The lowest BCUT2D eigenvalue weighted by molar-refractivity contribution is -0.140. The lowest BCUT2D eigenvalue weighted by Gasteiger charge is -2.29. The molecule has 0 aliphatic rings. The van der Waals surface area contributed by atoms with Crippen LogP contribution in [-0.2, 0) is 22.6 Å². The number of benzene rings is 2. The van der Waals surface area contributed by atoms with Crippen LogP contribution in [0.1, 0.15) is 57.2 Å². The van der Waals surface area contributed by atoms with Crippen LogP contribution in [0.4, 0.5) is 0 Å². The maximum absolute atomic E-state index is 13.3. The standard InChI is InChI=1S/C27H38N2O4/c1-6-17-28-27(31)21(5)29(19-23-12-10-9-11-20(23)4)26(30)16-14-22-13-15-24(32-7-2)25(18-22)33-8-3/h9-13,15,18,21H,6-8,14,16-17,19H2,1-5H3,(H,28,31). The first-order chi connectivity index (χ1) is 15.9. The highest BCUT2D eigenvalue weighted by molar-refractivity contribution is 5.87. The Labute approximate surface area is 198 Å². The van der Waals surface area contributed by atoms with E-state index in [4.69, 9.17) is 9.47 Å². The van der Waals surface area contributed by atoms with Gasteiger partial charge in [0.05, 0.1) is 13.2 Å². The second kappa shape index (κ2) is 13.5. The molecule has 6 nitrogen and oxygen atoms in total. The Kier molecular flexibility index (Phi) is 10.7. The Hall–Kier alpha value is -3.02. The van der Waals surface area contributed by atoms with Crippen molar-refractivity contribution in [3.63, 3.8) is 0 Å². The number of aryl methyl sites for hydroxylation is 2. The summed E-state index contributed by atoms with van der Waals surface area (Å²) in [6, 6.07) is 13.2. The SMILES string of the molecule is CCCNC(=O)C(C)N(Cc1ccccc1C)C(=O)CCc1ccc(OCC)c(OCC)c1. The molecule has 0 radical (unpaired) electrons. The largest absolute Gasteiger partial charge is 0.490 e. The number of hydrogen-bond donors (Lipinski definition) is 1. The fraction of sp³-hybridized carbons (Fsp3) is 0.481. The molecule has 2 aromatic rings. The number of carbonyl (C=O) groups excluding carboxylic acids is 2. The Balaban J connectivity index is 2.17.